The first-order valence-corrected chi connectivity index (χ1v) is 10.9. The van der Waals surface area contributed by atoms with Crippen LogP contribution in [0, 0.1) is 12.8 Å². The summed E-state index contributed by atoms with van der Waals surface area (Å²) in [4.78, 5) is 12.9. The van der Waals surface area contributed by atoms with E-state index in [1.54, 1.807) is 19.1 Å². The molecule has 1 aromatic carbocycles. The van der Waals surface area contributed by atoms with Crippen molar-refractivity contribution in [3.05, 3.63) is 29.3 Å². The van der Waals surface area contributed by atoms with Gasteiger partial charge in [-0.15, -0.1) is 0 Å². The second kappa shape index (κ2) is 7.29. The van der Waals surface area contributed by atoms with Crippen molar-refractivity contribution < 1.29 is 13.2 Å². The van der Waals surface area contributed by atoms with Crippen molar-refractivity contribution in [1.82, 2.24) is 10.0 Å². The molecule has 144 valence electrons. The zero-order valence-electron chi connectivity index (χ0n) is 15.5. The van der Waals surface area contributed by atoms with E-state index in [0.29, 0.717) is 23.6 Å². The summed E-state index contributed by atoms with van der Waals surface area (Å²) in [7, 11) is -3.64. The van der Waals surface area contributed by atoms with Crippen LogP contribution in [0.15, 0.2) is 23.1 Å². The van der Waals surface area contributed by atoms with Gasteiger partial charge in [0.15, 0.2) is 0 Å². The van der Waals surface area contributed by atoms with E-state index in [1.807, 2.05) is 6.92 Å². The number of hydrogen-bond acceptors (Lipinski definition) is 4. The van der Waals surface area contributed by atoms with Crippen LogP contribution in [0.4, 0.5) is 0 Å². The highest BCUT2D eigenvalue weighted by Gasteiger charge is 2.41. The summed E-state index contributed by atoms with van der Waals surface area (Å²) in [5.41, 5.74) is 6.41. The summed E-state index contributed by atoms with van der Waals surface area (Å²) in [5, 5.41) is 3.01. The predicted octanol–water partition coefficient (Wildman–Crippen LogP) is 2.07. The number of nitrogens with two attached hydrogens (primary N) is 1. The van der Waals surface area contributed by atoms with Crippen LogP contribution in [-0.4, -0.2) is 32.5 Å². The van der Waals surface area contributed by atoms with Gasteiger partial charge in [0, 0.05) is 18.2 Å². The van der Waals surface area contributed by atoms with Crippen LogP contribution >= 0.6 is 0 Å². The largest absolute Gasteiger partial charge is 0.345 e. The van der Waals surface area contributed by atoms with Gasteiger partial charge in [-0.1, -0.05) is 18.9 Å². The van der Waals surface area contributed by atoms with Gasteiger partial charge >= 0.3 is 0 Å². The van der Waals surface area contributed by atoms with Gasteiger partial charge in [-0.2, -0.15) is 0 Å². The van der Waals surface area contributed by atoms with E-state index in [1.165, 1.54) is 6.07 Å². The van der Waals surface area contributed by atoms with Crippen LogP contribution in [0.25, 0.3) is 0 Å². The van der Waals surface area contributed by atoms with E-state index in [0.717, 1.165) is 38.5 Å². The van der Waals surface area contributed by atoms with Crippen LogP contribution in [0.2, 0.25) is 0 Å². The number of aryl methyl sites for hydroxylation is 1. The first-order valence-electron chi connectivity index (χ1n) is 9.41. The minimum Gasteiger partial charge on any atom is -0.345 e. The SMILES string of the molecule is Cc1ccc(C(=O)NC(C)(CN)C2CC2)cc1S(=O)(=O)NC1CCCC1. The minimum absolute atomic E-state index is 0.00715. The zero-order valence-corrected chi connectivity index (χ0v) is 16.4. The fourth-order valence-corrected chi connectivity index (χ4v) is 5.30. The van der Waals surface area contributed by atoms with Crippen LogP contribution < -0.4 is 15.8 Å². The Kier molecular flexibility index (Phi) is 5.42. The lowest BCUT2D eigenvalue weighted by Crippen LogP contribution is -2.53. The van der Waals surface area contributed by atoms with Crippen molar-refractivity contribution in [2.24, 2.45) is 11.7 Å². The van der Waals surface area contributed by atoms with E-state index in [4.69, 9.17) is 5.73 Å². The van der Waals surface area contributed by atoms with Gasteiger partial charge < -0.3 is 11.1 Å². The predicted molar refractivity (Wildman–Crippen MR) is 101 cm³/mol. The van der Waals surface area contributed by atoms with Gasteiger partial charge in [0.2, 0.25) is 10.0 Å². The molecule has 2 aliphatic carbocycles. The van der Waals surface area contributed by atoms with E-state index < -0.39 is 15.6 Å². The lowest BCUT2D eigenvalue weighted by molar-refractivity contribution is 0.0897. The van der Waals surface area contributed by atoms with Gasteiger partial charge in [0.05, 0.1) is 10.4 Å². The summed E-state index contributed by atoms with van der Waals surface area (Å²) >= 11 is 0. The maximum absolute atomic E-state index is 12.8. The lowest BCUT2D eigenvalue weighted by atomic mass is 9.95. The van der Waals surface area contributed by atoms with E-state index in [2.05, 4.69) is 10.0 Å². The molecule has 3 rings (SSSR count). The van der Waals surface area contributed by atoms with E-state index in [-0.39, 0.29) is 16.8 Å². The summed E-state index contributed by atoms with van der Waals surface area (Å²) in [6.45, 7) is 4.07. The molecule has 26 heavy (non-hydrogen) atoms. The molecular weight excluding hydrogens is 350 g/mol. The normalized spacial score (nSPS) is 20.7. The zero-order chi connectivity index (χ0) is 18.9. The van der Waals surface area contributed by atoms with Crippen LogP contribution in [0.1, 0.15) is 61.4 Å². The number of carbonyl (C=O) groups excluding carboxylic acids is 1. The molecule has 1 unspecified atom stereocenters. The number of amides is 1. The van der Waals surface area contributed by atoms with Gasteiger partial charge in [-0.25, -0.2) is 13.1 Å². The quantitative estimate of drug-likeness (QED) is 0.675. The Balaban J connectivity index is 1.81. The monoisotopic (exact) mass is 379 g/mol. The smallest absolute Gasteiger partial charge is 0.251 e. The molecule has 2 fully saturated rings. The summed E-state index contributed by atoms with van der Waals surface area (Å²) in [6.07, 6.45) is 5.96. The standard InChI is InChI=1S/C19H29N3O3S/c1-13-7-8-14(18(23)21-19(2,12-20)15-9-10-15)11-17(13)26(24,25)22-16-5-3-4-6-16/h7-8,11,15-16,22H,3-6,9-10,12,20H2,1-2H3,(H,21,23). The highest BCUT2D eigenvalue weighted by molar-refractivity contribution is 7.89. The molecule has 0 spiro atoms. The van der Waals surface area contributed by atoms with Crippen molar-refractivity contribution in [2.45, 2.75) is 68.8 Å². The average Bonchev–Trinajstić information content (AvgIpc) is 3.34. The van der Waals surface area contributed by atoms with Gasteiger partial charge in [-0.3, -0.25) is 4.79 Å². The number of benzene rings is 1. The molecule has 2 aliphatic rings. The molecule has 0 heterocycles. The van der Waals surface area contributed by atoms with Crippen molar-refractivity contribution >= 4 is 15.9 Å². The average molecular weight is 380 g/mol. The third-order valence-electron chi connectivity index (χ3n) is 5.72. The summed E-state index contributed by atoms with van der Waals surface area (Å²) in [5.74, 6) is 0.122. The number of nitrogens with one attached hydrogen (secondary N) is 2. The number of hydrogen-bond donors (Lipinski definition) is 3. The minimum atomic E-state index is -3.64. The molecule has 4 N–H and O–H groups in total. The van der Waals surface area contributed by atoms with E-state index in [9.17, 15) is 13.2 Å². The Morgan fingerprint density at radius 2 is 1.88 bits per heavy atom. The van der Waals surface area contributed by atoms with Gasteiger partial charge in [0.1, 0.15) is 0 Å². The molecular formula is C19H29N3O3S. The Labute approximate surface area is 156 Å². The highest BCUT2D eigenvalue weighted by Crippen LogP contribution is 2.39. The number of rotatable bonds is 7. The topological polar surface area (TPSA) is 101 Å². The Bertz CT molecular complexity index is 783. The Hall–Kier alpha value is -1.44. The molecule has 1 aromatic rings. The van der Waals surface area contributed by atoms with Crippen LogP contribution in [0.5, 0.6) is 0 Å². The molecule has 1 amide bonds. The molecule has 0 radical (unpaired) electrons. The maximum Gasteiger partial charge on any atom is 0.251 e. The van der Waals surface area contributed by atoms with Crippen molar-refractivity contribution in [2.75, 3.05) is 6.54 Å². The fourth-order valence-electron chi connectivity index (χ4n) is 3.73. The van der Waals surface area contributed by atoms with Crippen LogP contribution in [-0.2, 0) is 10.0 Å². The second-order valence-corrected chi connectivity index (χ2v) is 9.62. The summed E-state index contributed by atoms with van der Waals surface area (Å²) < 4.78 is 28.3. The Morgan fingerprint density at radius 1 is 1.23 bits per heavy atom. The van der Waals surface area contributed by atoms with Crippen molar-refractivity contribution in [3.8, 4) is 0 Å². The molecule has 2 saturated carbocycles. The fraction of sp³-hybridized carbons (Fsp3) is 0.632. The van der Waals surface area contributed by atoms with Gasteiger partial charge in [-0.05, 0) is 63.1 Å². The third-order valence-corrected chi connectivity index (χ3v) is 7.38. The molecule has 6 nitrogen and oxygen atoms in total. The molecule has 0 bridgehead atoms. The highest BCUT2D eigenvalue weighted by atomic mass is 32.2. The van der Waals surface area contributed by atoms with Crippen molar-refractivity contribution in [1.29, 1.82) is 0 Å². The molecule has 7 heteroatoms. The molecule has 0 aliphatic heterocycles. The number of sulfonamides is 1. The van der Waals surface area contributed by atoms with Crippen LogP contribution in [0.3, 0.4) is 0 Å². The van der Waals surface area contributed by atoms with Gasteiger partial charge in [0.25, 0.3) is 5.91 Å². The summed E-state index contributed by atoms with van der Waals surface area (Å²) in [6, 6.07) is 4.83. The number of carbonyl (C=O) groups is 1. The third kappa shape index (κ3) is 4.10. The van der Waals surface area contributed by atoms with E-state index >= 15 is 0 Å². The first-order chi connectivity index (χ1) is 12.2. The Morgan fingerprint density at radius 3 is 2.46 bits per heavy atom. The molecule has 0 saturated heterocycles. The maximum atomic E-state index is 12.8. The van der Waals surface area contributed by atoms with Crippen molar-refractivity contribution in [3.63, 3.8) is 0 Å². The molecule has 1 atom stereocenters. The second-order valence-electron chi connectivity index (χ2n) is 7.93. The lowest BCUT2D eigenvalue weighted by Gasteiger charge is -2.29. The first kappa shape index (κ1) is 19.3. The molecule has 0 aromatic heterocycles.